The molecule has 7 heteroatoms. The van der Waals surface area contributed by atoms with Gasteiger partial charge in [0, 0.05) is 61.8 Å². The highest BCUT2D eigenvalue weighted by Gasteiger charge is 2.34. The predicted molar refractivity (Wildman–Crippen MR) is 106 cm³/mol. The van der Waals surface area contributed by atoms with E-state index in [1.807, 2.05) is 39.9 Å². The number of carbonyl (C=O) groups is 2. The summed E-state index contributed by atoms with van der Waals surface area (Å²) in [4.78, 5) is 30.0. The van der Waals surface area contributed by atoms with Crippen LogP contribution in [0.15, 0.2) is 43.0 Å². The van der Waals surface area contributed by atoms with Crippen LogP contribution in [0.4, 0.5) is 0 Å². The number of nitrogens with one attached hydrogen (secondary N) is 2. The third-order valence-electron chi connectivity index (χ3n) is 5.91. The summed E-state index contributed by atoms with van der Waals surface area (Å²) in [7, 11) is 0. The maximum absolute atomic E-state index is 12.6. The van der Waals surface area contributed by atoms with Gasteiger partial charge in [0.1, 0.15) is 0 Å². The van der Waals surface area contributed by atoms with Crippen molar-refractivity contribution >= 4 is 11.8 Å². The van der Waals surface area contributed by atoms with Gasteiger partial charge in [-0.2, -0.15) is 0 Å². The Bertz CT molecular complexity index is 810. The number of aromatic nitrogens is 2. The lowest BCUT2D eigenvalue weighted by molar-refractivity contribution is -0.129. The first kappa shape index (κ1) is 18.7. The SMILES string of the molecule is CC(=O)N1CCC(N[C@@H]2CC[C@@H]2NC(=O)c2ccc(-n3ccnc3)cc2)CC1. The minimum atomic E-state index is -0.0277. The Labute approximate surface area is 165 Å². The van der Waals surface area contributed by atoms with Gasteiger partial charge in [-0.15, -0.1) is 0 Å². The molecule has 2 heterocycles. The Morgan fingerprint density at radius 2 is 1.75 bits per heavy atom. The maximum Gasteiger partial charge on any atom is 0.251 e. The highest BCUT2D eigenvalue weighted by Crippen LogP contribution is 2.23. The normalized spacial score (nSPS) is 22.5. The number of nitrogens with zero attached hydrogens (tertiary/aromatic N) is 3. The number of amides is 2. The summed E-state index contributed by atoms with van der Waals surface area (Å²) < 4.78 is 1.91. The first-order valence-electron chi connectivity index (χ1n) is 10.0. The Balaban J connectivity index is 1.27. The van der Waals surface area contributed by atoms with E-state index in [0.29, 0.717) is 17.6 Å². The van der Waals surface area contributed by atoms with E-state index in [1.54, 1.807) is 19.4 Å². The molecule has 2 N–H and O–H groups in total. The van der Waals surface area contributed by atoms with Crippen LogP contribution in [0.3, 0.4) is 0 Å². The smallest absolute Gasteiger partial charge is 0.251 e. The number of likely N-dealkylation sites (tertiary alicyclic amines) is 1. The van der Waals surface area contributed by atoms with Gasteiger partial charge in [-0.25, -0.2) is 4.98 Å². The van der Waals surface area contributed by atoms with Gasteiger partial charge in [-0.1, -0.05) is 0 Å². The van der Waals surface area contributed by atoms with Gasteiger partial charge in [0.15, 0.2) is 0 Å². The maximum atomic E-state index is 12.6. The average molecular weight is 381 g/mol. The van der Waals surface area contributed by atoms with E-state index in [4.69, 9.17) is 0 Å². The number of carbonyl (C=O) groups excluding carboxylic acids is 2. The molecule has 28 heavy (non-hydrogen) atoms. The number of hydrogen-bond acceptors (Lipinski definition) is 4. The highest BCUT2D eigenvalue weighted by atomic mass is 16.2. The van der Waals surface area contributed by atoms with Crippen molar-refractivity contribution in [1.82, 2.24) is 25.1 Å². The fourth-order valence-electron chi connectivity index (χ4n) is 3.98. The van der Waals surface area contributed by atoms with Gasteiger partial charge >= 0.3 is 0 Å². The second-order valence-corrected chi connectivity index (χ2v) is 7.73. The highest BCUT2D eigenvalue weighted by molar-refractivity contribution is 5.94. The number of imidazole rings is 1. The zero-order chi connectivity index (χ0) is 19.5. The standard InChI is InChI=1S/C21H27N5O2/c1-15(27)25-11-8-17(9-12-25)23-19-6-7-20(19)24-21(28)16-2-4-18(5-3-16)26-13-10-22-14-26/h2-5,10,13-14,17,19-20,23H,6-9,11-12H2,1H3,(H,24,28)/t19-,20+/m1/s1. The van der Waals surface area contributed by atoms with Crippen LogP contribution in [-0.4, -0.2) is 57.5 Å². The Morgan fingerprint density at radius 3 is 2.32 bits per heavy atom. The van der Waals surface area contributed by atoms with Crippen molar-refractivity contribution in [2.24, 2.45) is 0 Å². The van der Waals surface area contributed by atoms with E-state index in [-0.39, 0.29) is 17.9 Å². The minimum Gasteiger partial charge on any atom is -0.348 e. The summed E-state index contributed by atoms with van der Waals surface area (Å²) in [5.74, 6) is 0.131. The molecular weight excluding hydrogens is 354 g/mol. The van der Waals surface area contributed by atoms with E-state index in [2.05, 4.69) is 15.6 Å². The number of rotatable bonds is 5. The van der Waals surface area contributed by atoms with Crippen LogP contribution in [0.5, 0.6) is 0 Å². The number of hydrogen-bond donors (Lipinski definition) is 2. The first-order valence-corrected chi connectivity index (χ1v) is 10.0. The molecule has 4 rings (SSSR count). The summed E-state index contributed by atoms with van der Waals surface area (Å²) in [6.45, 7) is 3.27. The predicted octanol–water partition coefficient (Wildman–Crippen LogP) is 1.73. The molecule has 2 atom stereocenters. The first-order chi connectivity index (χ1) is 13.6. The Kier molecular flexibility index (Phi) is 5.43. The molecule has 2 aromatic rings. The molecule has 1 aromatic carbocycles. The van der Waals surface area contributed by atoms with Crippen molar-refractivity contribution in [3.63, 3.8) is 0 Å². The third kappa shape index (κ3) is 4.09. The van der Waals surface area contributed by atoms with Crippen molar-refractivity contribution in [2.45, 2.75) is 50.7 Å². The van der Waals surface area contributed by atoms with Gasteiger partial charge in [0.05, 0.1) is 6.33 Å². The largest absolute Gasteiger partial charge is 0.348 e. The van der Waals surface area contributed by atoms with Crippen LogP contribution < -0.4 is 10.6 Å². The van der Waals surface area contributed by atoms with Gasteiger partial charge in [-0.3, -0.25) is 9.59 Å². The molecule has 0 spiro atoms. The van der Waals surface area contributed by atoms with Crippen molar-refractivity contribution in [3.8, 4) is 5.69 Å². The number of benzene rings is 1. The lowest BCUT2D eigenvalue weighted by Gasteiger charge is -2.42. The van der Waals surface area contributed by atoms with Gasteiger partial charge in [0.2, 0.25) is 5.91 Å². The lowest BCUT2D eigenvalue weighted by Crippen LogP contribution is -2.60. The molecule has 1 aliphatic carbocycles. The molecule has 1 aromatic heterocycles. The summed E-state index contributed by atoms with van der Waals surface area (Å²) in [5, 5.41) is 6.85. The molecule has 1 saturated carbocycles. The molecule has 0 bridgehead atoms. The average Bonchev–Trinajstić information content (AvgIpc) is 3.24. The topological polar surface area (TPSA) is 79.3 Å². The van der Waals surface area contributed by atoms with Crippen LogP contribution in [-0.2, 0) is 4.79 Å². The van der Waals surface area contributed by atoms with Crippen molar-refractivity contribution in [1.29, 1.82) is 0 Å². The second kappa shape index (κ2) is 8.14. The molecular formula is C21H27N5O2. The summed E-state index contributed by atoms with van der Waals surface area (Å²) in [6, 6.07) is 8.47. The molecule has 2 amide bonds. The molecule has 148 valence electrons. The molecule has 0 radical (unpaired) electrons. The molecule has 2 aliphatic rings. The lowest BCUT2D eigenvalue weighted by atomic mass is 9.84. The zero-order valence-corrected chi connectivity index (χ0v) is 16.2. The summed E-state index contributed by atoms with van der Waals surface area (Å²) in [6.07, 6.45) is 9.38. The summed E-state index contributed by atoms with van der Waals surface area (Å²) >= 11 is 0. The van der Waals surface area contributed by atoms with Gasteiger partial charge in [0.25, 0.3) is 5.91 Å². The van der Waals surface area contributed by atoms with Crippen LogP contribution in [0.2, 0.25) is 0 Å². The van der Waals surface area contributed by atoms with Crippen LogP contribution >= 0.6 is 0 Å². The molecule has 1 saturated heterocycles. The van der Waals surface area contributed by atoms with Crippen molar-refractivity contribution in [2.75, 3.05) is 13.1 Å². The Morgan fingerprint density at radius 1 is 1.04 bits per heavy atom. The van der Waals surface area contributed by atoms with Crippen LogP contribution in [0, 0.1) is 0 Å². The van der Waals surface area contributed by atoms with E-state index < -0.39 is 0 Å². The minimum absolute atomic E-state index is 0.0277. The monoisotopic (exact) mass is 381 g/mol. The van der Waals surface area contributed by atoms with Gasteiger partial charge in [-0.05, 0) is 49.9 Å². The van der Waals surface area contributed by atoms with Gasteiger partial charge < -0.3 is 20.1 Å². The Hall–Kier alpha value is -2.67. The molecule has 0 unspecified atom stereocenters. The van der Waals surface area contributed by atoms with E-state index in [9.17, 15) is 9.59 Å². The molecule has 1 aliphatic heterocycles. The van der Waals surface area contributed by atoms with Crippen LogP contribution in [0.25, 0.3) is 5.69 Å². The summed E-state index contributed by atoms with van der Waals surface area (Å²) in [5.41, 5.74) is 1.65. The number of piperidine rings is 1. The van der Waals surface area contributed by atoms with Crippen LogP contribution in [0.1, 0.15) is 43.0 Å². The quantitative estimate of drug-likeness (QED) is 0.827. The zero-order valence-electron chi connectivity index (χ0n) is 16.2. The fourth-order valence-corrected chi connectivity index (χ4v) is 3.98. The second-order valence-electron chi connectivity index (χ2n) is 7.73. The fraction of sp³-hybridized carbons (Fsp3) is 0.476. The van der Waals surface area contributed by atoms with E-state index >= 15 is 0 Å². The van der Waals surface area contributed by atoms with Crippen molar-refractivity contribution in [3.05, 3.63) is 48.5 Å². The molecule has 7 nitrogen and oxygen atoms in total. The molecule has 2 fully saturated rings. The third-order valence-corrected chi connectivity index (χ3v) is 5.91. The van der Waals surface area contributed by atoms with E-state index in [0.717, 1.165) is 44.5 Å². The van der Waals surface area contributed by atoms with E-state index in [1.165, 1.54) is 0 Å². The van der Waals surface area contributed by atoms with Crippen molar-refractivity contribution < 1.29 is 9.59 Å².